The maximum atomic E-state index is 4.49. The van der Waals surface area contributed by atoms with Crippen LogP contribution in [0, 0.1) is 5.92 Å². The molecule has 1 unspecified atom stereocenters. The Balaban J connectivity index is 1.41. The van der Waals surface area contributed by atoms with E-state index in [1.165, 1.54) is 43.7 Å². The molecule has 1 aliphatic heterocycles. The minimum Gasteiger partial charge on any atom is -0.311 e. The van der Waals surface area contributed by atoms with Crippen LogP contribution in [0.25, 0.3) is 0 Å². The van der Waals surface area contributed by atoms with Crippen molar-refractivity contribution in [3.8, 4) is 0 Å². The van der Waals surface area contributed by atoms with E-state index < -0.39 is 0 Å². The first kappa shape index (κ1) is 13.1. The monoisotopic (exact) mass is 262 g/mol. The van der Waals surface area contributed by atoms with Crippen LogP contribution in [0.4, 0.5) is 0 Å². The lowest BCUT2D eigenvalue weighted by Gasteiger charge is -2.15. The van der Waals surface area contributed by atoms with Gasteiger partial charge in [0, 0.05) is 26.2 Å². The van der Waals surface area contributed by atoms with Gasteiger partial charge in [-0.25, -0.2) is 0 Å². The van der Waals surface area contributed by atoms with Gasteiger partial charge in [-0.3, -0.25) is 4.68 Å². The number of aryl methyl sites for hydroxylation is 2. The Kier molecular flexibility index (Phi) is 3.89. The molecule has 0 amide bonds. The zero-order chi connectivity index (χ0) is 13.2. The van der Waals surface area contributed by atoms with Crippen LogP contribution in [0.5, 0.6) is 0 Å². The van der Waals surface area contributed by atoms with Gasteiger partial charge in [0.05, 0.1) is 11.4 Å². The minimum absolute atomic E-state index is 0.847. The summed E-state index contributed by atoms with van der Waals surface area (Å²) in [5, 5.41) is 8.11. The van der Waals surface area contributed by atoms with Crippen LogP contribution in [0.3, 0.4) is 0 Å². The first-order chi connectivity index (χ1) is 9.26. The van der Waals surface area contributed by atoms with Crippen molar-refractivity contribution in [3.63, 3.8) is 0 Å². The second kappa shape index (κ2) is 5.63. The molecule has 1 saturated carbocycles. The van der Waals surface area contributed by atoms with Crippen LogP contribution in [-0.4, -0.2) is 40.4 Å². The summed E-state index contributed by atoms with van der Waals surface area (Å²) in [6.07, 6.45) is 5.27. The SMILES string of the molecule is CCc1cc(CNCC2CCN(C3CC3)C2)n(C)n1. The second-order valence-corrected chi connectivity index (χ2v) is 6.12. The van der Waals surface area contributed by atoms with E-state index in [0.29, 0.717) is 0 Å². The van der Waals surface area contributed by atoms with Crippen LogP contribution in [0.2, 0.25) is 0 Å². The van der Waals surface area contributed by atoms with Crippen molar-refractivity contribution in [2.24, 2.45) is 13.0 Å². The smallest absolute Gasteiger partial charge is 0.0625 e. The molecule has 2 aliphatic rings. The number of nitrogens with one attached hydrogen (secondary N) is 1. The lowest BCUT2D eigenvalue weighted by molar-refractivity contribution is 0.311. The summed E-state index contributed by atoms with van der Waals surface area (Å²) in [7, 11) is 2.04. The highest BCUT2D eigenvalue weighted by Gasteiger charge is 2.33. The van der Waals surface area contributed by atoms with Crippen molar-refractivity contribution < 1.29 is 0 Å². The summed E-state index contributed by atoms with van der Waals surface area (Å²) in [5.41, 5.74) is 2.49. The Morgan fingerprint density at radius 2 is 2.21 bits per heavy atom. The topological polar surface area (TPSA) is 33.1 Å². The standard InChI is InChI=1S/C15H26N4/c1-3-13-8-15(18(2)17-13)10-16-9-12-6-7-19(11-12)14-4-5-14/h8,12,14,16H,3-7,9-11H2,1-2H3. The molecule has 4 heteroatoms. The molecule has 2 heterocycles. The van der Waals surface area contributed by atoms with E-state index in [1.807, 2.05) is 11.7 Å². The summed E-state index contributed by atoms with van der Waals surface area (Å²) < 4.78 is 2.01. The first-order valence-corrected chi connectivity index (χ1v) is 7.72. The lowest BCUT2D eigenvalue weighted by atomic mass is 10.1. The van der Waals surface area contributed by atoms with Crippen LogP contribution in [0.15, 0.2) is 6.07 Å². The largest absolute Gasteiger partial charge is 0.311 e. The Morgan fingerprint density at radius 1 is 1.37 bits per heavy atom. The van der Waals surface area contributed by atoms with Crippen LogP contribution in [0.1, 0.15) is 37.6 Å². The van der Waals surface area contributed by atoms with Gasteiger partial charge in [-0.2, -0.15) is 5.10 Å². The van der Waals surface area contributed by atoms with Crippen molar-refractivity contribution in [1.29, 1.82) is 0 Å². The average molecular weight is 262 g/mol. The molecule has 1 aromatic heterocycles. The molecular weight excluding hydrogens is 236 g/mol. The van der Waals surface area contributed by atoms with E-state index in [1.54, 1.807) is 0 Å². The highest BCUT2D eigenvalue weighted by molar-refractivity contribution is 5.09. The minimum atomic E-state index is 0.847. The maximum Gasteiger partial charge on any atom is 0.0625 e. The molecule has 1 saturated heterocycles. The van der Waals surface area contributed by atoms with Gasteiger partial charge in [0.1, 0.15) is 0 Å². The molecular formula is C15H26N4. The fourth-order valence-electron chi connectivity index (χ4n) is 3.11. The molecule has 0 bridgehead atoms. The highest BCUT2D eigenvalue weighted by atomic mass is 15.3. The molecule has 19 heavy (non-hydrogen) atoms. The van der Waals surface area contributed by atoms with Gasteiger partial charge in [0.15, 0.2) is 0 Å². The van der Waals surface area contributed by atoms with Gasteiger partial charge < -0.3 is 10.2 Å². The molecule has 1 atom stereocenters. The van der Waals surface area contributed by atoms with E-state index in [0.717, 1.165) is 31.5 Å². The third-order valence-electron chi connectivity index (χ3n) is 4.51. The molecule has 2 fully saturated rings. The number of hydrogen-bond acceptors (Lipinski definition) is 3. The molecule has 3 rings (SSSR count). The first-order valence-electron chi connectivity index (χ1n) is 7.72. The van der Waals surface area contributed by atoms with Crippen molar-refractivity contribution in [2.45, 2.75) is 45.2 Å². The van der Waals surface area contributed by atoms with Gasteiger partial charge in [0.2, 0.25) is 0 Å². The fraction of sp³-hybridized carbons (Fsp3) is 0.800. The van der Waals surface area contributed by atoms with E-state index in [-0.39, 0.29) is 0 Å². The van der Waals surface area contributed by atoms with Gasteiger partial charge in [-0.15, -0.1) is 0 Å². The second-order valence-electron chi connectivity index (χ2n) is 6.12. The predicted molar refractivity (Wildman–Crippen MR) is 77.0 cm³/mol. The zero-order valence-electron chi connectivity index (χ0n) is 12.2. The third-order valence-corrected chi connectivity index (χ3v) is 4.51. The molecule has 0 spiro atoms. The van der Waals surface area contributed by atoms with Crippen LogP contribution < -0.4 is 5.32 Å². The third kappa shape index (κ3) is 3.18. The Bertz CT molecular complexity index is 422. The van der Waals surface area contributed by atoms with E-state index in [9.17, 15) is 0 Å². The number of hydrogen-bond donors (Lipinski definition) is 1. The fourth-order valence-corrected chi connectivity index (χ4v) is 3.11. The van der Waals surface area contributed by atoms with Gasteiger partial charge in [-0.05, 0) is 50.8 Å². The Hall–Kier alpha value is -0.870. The molecule has 0 aromatic carbocycles. The molecule has 4 nitrogen and oxygen atoms in total. The summed E-state index contributed by atoms with van der Waals surface area (Å²) >= 11 is 0. The van der Waals surface area contributed by atoms with E-state index >= 15 is 0 Å². The van der Waals surface area contributed by atoms with Gasteiger partial charge in [-0.1, -0.05) is 6.92 Å². The van der Waals surface area contributed by atoms with Crippen molar-refractivity contribution in [2.75, 3.05) is 19.6 Å². The van der Waals surface area contributed by atoms with E-state index in [4.69, 9.17) is 0 Å². The van der Waals surface area contributed by atoms with Crippen molar-refractivity contribution in [3.05, 3.63) is 17.5 Å². The lowest BCUT2D eigenvalue weighted by Crippen LogP contribution is -2.27. The summed E-state index contributed by atoms with van der Waals surface area (Å²) in [6.45, 7) is 6.88. The Labute approximate surface area is 116 Å². The van der Waals surface area contributed by atoms with Crippen molar-refractivity contribution >= 4 is 0 Å². The predicted octanol–water partition coefficient (Wildman–Crippen LogP) is 1.56. The zero-order valence-corrected chi connectivity index (χ0v) is 12.2. The van der Waals surface area contributed by atoms with Crippen LogP contribution >= 0.6 is 0 Å². The number of aromatic nitrogens is 2. The average Bonchev–Trinajstić information content (AvgIpc) is 3.05. The summed E-state index contributed by atoms with van der Waals surface area (Å²) in [5.74, 6) is 0.847. The maximum absolute atomic E-state index is 4.49. The van der Waals surface area contributed by atoms with Gasteiger partial charge in [0.25, 0.3) is 0 Å². The van der Waals surface area contributed by atoms with Gasteiger partial charge >= 0.3 is 0 Å². The molecule has 1 aromatic rings. The number of rotatable bonds is 6. The van der Waals surface area contributed by atoms with Crippen LogP contribution in [-0.2, 0) is 20.0 Å². The van der Waals surface area contributed by atoms with Crippen molar-refractivity contribution in [1.82, 2.24) is 20.0 Å². The number of likely N-dealkylation sites (tertiary alicyclic amines) is 1. The molecule has 1 N–H and O–H groups in total. The van der Waals surface area contributed by atoms with E-state index in [2.05, 4.69) is 28.3 Å². The summed E-state index contributed by atoms with van der Waals surface area (Å²) in [4.78, 5) is 2.69. The number of nitrogens with zero attached hydrogens (tertiary/aromatic N) is 3. The molecule has 1 aliphatic carbocycles. The molecule has 0 radical (unpaired) electrons. The normalized spacial score (nSPS) is 24.2. The molecule has 106 valence electrons. The quantitative estimate of drug-likeness (QED) is 0.844. The summed E-state index contributed by atoms with van der Waals surface area (Å²) in [6, 6.07) is 3.16. The highest BCUT2D eigenvalue weighted by Crippen LogP contribution is 2.31. The Morgan fingerprint density at radius 3 is 2.89 bits per heavy atom.